The third-order valence-electron chi connectivity index (χ3n) is 4.86. The van der Waals surface area contributed by atoms with Crippen LogP contribution in [-0.4, -0.2) is 34.7 Å². The SMILES string of the molecule is CC(=O)Oc1c(C(C)=O)cc2c(c1C)OC(C)(COc1ccc([N+](=O)[O-])cc1)CC2=O. The zero-order valence-corrected chi connectivity index (χ0v) is 17.5. The highest BCUT2D eigenvalue weighted by Gasteiger charge is 2.40. The molecule has 0 aromatic heterocycles. The molecule has 1 atom stereocenters. The van der Waals surface area contributed by atoms with Gasteiger partial charge in [-0.3, -0.25) is 24.5 Å². The van der Waals surface area contributed by atoms with Crippen LogP contribution >= 0.6 is 0 Å². The van der Waals surface area contributed by atoms with Gasteiger partial charge in [0.05, 0.1) is 22.5 Å². The molecule has 0 saturated carbocycles. The Morgan fingerprint density at radius 1 is 1.23 bits per heavy atom. The van der Waals surface area contributed by atoms with E-state index in [-0.39, 0.29) is 52.9 Å². The van der Waals surface area contributed by atoms with Crippen LogP contribution in [0.15, 0.2) is 30.3 Å². The van der Waals surface area contributed by atoms with Gasteiger partial charge in [-0.15, -0.1) is 0 Å². The van der Waals surface area contributed by atoms with E-state index in [4.69, 9.17) is 14.2 Å². The molecule has 0 amide bonds. The van der Waals surface area contributed by atoms with Crippen molar-refractivity contribution >= 4 is 23.2 Å². The molecule has 1 unspecified atom stereocenters. The van der Waals surface area contributed by atoms with E-state index in [9.17, 15) is 24.5 Å². The molecule has 31 heavy (non-hydrogen) atoms. The summed E-state index contributed by atoms with van der Waals surface area (Å²) >= 11 is 0. The second-order valence-corrected chi connectivity index (χ2v) is 7.60. The molecule has 1 aliphatic heterocycles. The maximum Gasteiger partial charge on any atom is 0.308 e. The summed E-state index contributed by atoms with van der Waals surface area (Å²) in [6.45, 7) is 5.84. The van der Waals surface area contributed by atoms with Crippen LogP contribution in [0.4, 0.5) is 5.69 Å². The van der Waals surface area contributed by atoms with Crippen molar-refractivity contribution in [2.24, 2.45) is 0 Å². The first-order chi connectivity index (χ1) is 14.5. The van der Waals surface area contributed by atoms with E-state index in [2.05, 4.69) is 0 Å². The second-order valence-electron chi connectivity index (χ2n) is 7.60. The summed E-state index contributed by atoms with van der Waals surface area (Å²) < 4.78 is 17.0. The van der Waals surface area contributed by atoms with Gasteiger partial charge in [0.15, 0.2) is 11.6 Å². The number of fused-ring (bicyclic) bond motifs is 1. The molecule has 2 aromatic carbocycles. The Morgan fingerprint density at radius 2 is 1.87 bits per heavy atom. The summed E-state index contributed by atoms with van der Waals surface area (Å²) in [7, 11) is 0. The number of rotatable bonds is 6. The minimum atomic E-state index is -1.04. The fourth-order valence-electron chi connectivity index (χ4n) is 3.36. The van der Waals surface area contributed by atoms with E-state index in [1.807, 2.05) is 0 Å². The average molecular weight is 427 g/mol. The summed E-state index contributed by atoms with van der Waals surface area (Å²) in [5.74, 6) is -0.505. The highest BCUT2D eigenvalue weighted by Crippen LogP contribution is 2.42. The number of hydrogen-bond acceptors (Lipinski definition) is 8. The van der Waals surface area contributed by atoms with E-state index in [0.29, 0.717) is 11.3 Å². The first-order valence-electron chi connectivity index (χ1n) is 9.47. The standard InChI is InChI=1S/C22H21NO8/c1-12-20(30-14(3)25)17(13(2)24)9-18-19(26)10-22(4,31-21(12)18)11-29-16-7-5-15(6-8-16)23(27)28/h5-9H,10-11H2,1-4H3. The molecular formula is C22H21NO8. The van der Waals surface area contributed by atoms with E-state index < -0.39 is 16.5 Å². The lowest BCUT2D eigenvalue weighted by atomic mass is 9.88. The number of hydrogen-bond donors (Lipinski definition) is 0. The smallest absolute Gasteiger partial charge is 0.308 e. The molecule has 162 valence electrons. The monoisotopic (exact) mass is 427 g/mol. The quantitative estimate of drug-likeness (QED) is 0.224. The molecule has 9 heteroatoms. The number of benzene rings is 2. The van der Waals surface area contributed by atoms with E-state index >= 15 is 0 Å². The fourth-order valence-corrected chi connectivity index (χ4v) is 3.36. The average Bonchev–Trinajstić information content (AvgIpc) is 2.69. The molecule has 0 spiro atoms. The van der Waals surface area contributed by atoms with Gasteiger partial charge in [0.25, 0.3) is 5.69 Å². The normalized spacial score (nSPS) is 17.4. The third kappa shape index (κ3) is 4.55. The Bertz CT molecular complexity index is 1090. The number of ether oxygens (including phenoxy) is 3. The largest absolute Gasteiger partial charge is 0.489 e. The molecule has 1 aliphatic rings. The van der Waals surface area contributed by atoms with Crippen LogP contribution in [0, 0.1) is 17.0 Å². The van der Waals surface area contributed by atoms with Crippen LogP contribution in [0.1, 0.15) is 53.5 Å². The molecule has 0 aliphatic carbocycles. The van der Waals surface area contributed by atoms with Crippen LogP contribution in [0.2, 0.25) is 0 Å². The van der Waals surface area contributed by atoms with Gasteiger partial charge in [0.1, 0.15) is 29.5 Å². The van der Waals surface area contributed by atoms with Crippen LogP contribution < -0.4 is 14.2 Å². The van der Waals surface area contributed by atoms with E-state index in [0.717, 1.165) is 0 Å². The second kappa shape index (κ2) is 8.17. The molecule has 0 N–H and O–H groups in total. The molecule has 0 bridgehead atoms. The van der Waals surface area contributed by atoms with Crippen LogP contribution in [0.25, 0.3) is 0 Å². The number of carbonyl (C=O) groups excluding carboxylic acids is 3. The first-order valence-corrected chi connectivity index (χ1v) is 9.47. The lowest BCUT2D eigenvalue weighted by Gasteiger charge is -2.36. The highest BCUT2D eigenvalue weighted by atomic mass is 16.6. The van der Waals surface area contributed by atoms with Crippen molar-refractivity contribution in [1.82, 2.24) is 0 Å². The topological polar surface area (TPSA) is 122 Å². The minimum Gasteiger partial charge on any atom is -0.489 e. The minimum absolute atomic E-state index is 0.00330. The van der Waals surface area contributed by atoms with Gasteiger partial charge in [-0.2, -0.15) is 0 Å². The van der Waals surface area contributed by atoms with Crippen molar-refractivity contribution in [3.05, 3.63) is 57.1 Å². The summed E-state index contributed by atoms with van der Waals surface area (Å²) in [5, 5.41) is 10.8. The predicted molar refractivity (Wildman–Crippen MR) is 109 cm³/mol. The van der Waals surface area contributed by atoms with Gasteiger partial charge in [-0.05, 0) is 39.0 Å². The van der Waals surface area contributed by atoms with Crippen molar-refractivity contribution < 1.29 is 33.5 Å². The number of non-ortho nitro benzene ring substituents is 1. The van der Waals surface area contributed by atoms with Crippen LogP contribution in [-0.2, 0) is 4.79 Å². The number of esters is 1. The zero-order valence-electron chi connectivity index (χ0n) is 17.5. The number of ketones is 2. The lowest BCUT2D eigenvalue weighted by Crippen LogP contribution is -2.44. The molecular weight excluding hydrogens is 406 g/mol. The number of carbonyl (C=O) groups is 3. The van der Waals surface area contributed by atoms with Gasteiger partial charge < -0.3 is 14.2 Å². The van der Waals surface area contributed by atoms with Gasteiger partial charge in [0, 0.05) is 24.6 Å². The highest BCUT2D eigenvalue weighted by molar-refractivity contribution is 6.06. The molecule has 2 aromatic rings. The van der Waals surface area contributed by atoms with Crippen molar-refractivity contribution in [3.63, 3.8) is 0 Å². The number of nitro groups is 1. The lowest BCUT2D eigenvalue weighted by molar-refractivity contribution is -0.384. The Balaban J connectivity index is 1.90. The zero-order chi connectivity index (χ0) is 22.9. The Labute approximate surface area is 178 Å². The number of nitrogens with zero attached hydrogens (tertiary/aromatic N) is 1. The van der Waals surface area contributed by atoms with Gasteiger partial charge in [0.2, 0.25) is 0 Å². The molecule has 0 radical (unpaired) electrons. The van der Waals surface area contributed by atoms with Gasteiger partial charge in [-0.1, -0.05) is 0 Å². The maximum atomic E-state index is 12.9. The Hall–Kier alpha value is -3.75. The molecule has 0 saturated heterocycles. The van der Waals surface area contributed by atoms with E-state index in [1.165, 1.54) is 44.2 Å². The molecule has 9 nitrogen and oxygen atoms in total. The summed E-state index contributed by atoms with van der Waals surface area (Å²) in [6.07, 6.45) is -0.00330. The third-order valence-corrected chi connectivity index (χ3v) is 4.86. The summed E-state index contributed by atoms with van der Waals surface area (Å²) in [5.41, 5.74) is -0.360. The van der Waals surface area contributed by atoms with E-state index in [1.54, 1.807) is 13.8 Å². The van der Waals surface area contributed by atoms with Gasteiger partial charge in [-0.25, -0.2) is 0 Å². The fraction of sp³-hybridized carbons (Fsp3) is 0.318. The van der Waals surface area contributed by atoms with Crippen molar-refractivity contribution in [2.75, 3.05) is 6.61 Å². The summed E-state index contributed by atoms with van der Waals surface area (Å²) in [6, 6.07) is 6.95. The van der Waals surface area contributed by atoms with Crippen molar-refractivity contribution in [3.8, 4) is 17.2 Å². The molecule has 3 rings (SSSR count). The first kappa shape index (κ1) is 21.9. The maximum absolute atomic E-state index is 12.9. The van der Waals surface area contributed by atoms with Crippen LogP contribution in [0.3, 0.4) is 0 Å². The van der Waals surface area contributed by atoms with Crippen LogP contribution in [0.5, 0.6) is 17.2 Å². The number of Topliss-reactive ketones (excluding diaryl/α,β-unsaturated/α-hetero) is 2. The Kier molecular flexibility index (Phi) is 5.79. The predicted octanol–water partition coefficient (Wildman–Crippen LogP) is 3.83. The van der Waals surface area contributed by atoms with Gasteiger partial charge >= 0.3 is 5.97 Å². The Morgan fingerprint density at radius 3 is 2.42 bits per heavy atom. The van der Waals surface area contributed by atoms with Crippen molar-refractivity contribution in [1.29, 1.82) is 0 Å². The molecule has 0 fully saturated rings. The van der Waals surface area contributed by atoms with Crippen molar-refractivity contribution in [2.45, 2.75) is 39.7 Å². The number of nitro benzene ring substituents is 1. The molecule has 1 heterocycles. The summed E-state index contributed by atoms with van der Waals surface area (Å²) in [4.78, 5) is 46.7.